The number of nitrogens with two attached hydrogens (primary N) is 1. The normalized spacial score (nSPS) is 12.5. The Bertz CT molecular complexity index is 306. The van der Waals surface area contributed by atoms with Crippen molar-refractivity contribution in [1.82, 2.24) is 4.98 Å². The molecule has 0 fully saturated rings. The highest BCUT2D eigenvalue weighted by molar-refractivity contribution is 9.10. The van der Waals surface area contributed by atoms with Gasteiger partial charge in [-0.2, -0.15) is 0 Å². The number of hydrogen-bond acceptors (Lipinski definition) is 2. The molecule has 0 aliphatic rings. The zero-order chi connectivity index (χ0) is 10.6. The Hall–Kier alpha value is -0.670. The van der Waals surface area contributed by atoms with E-state index in [1.54, 1.807) is 6.20 Å². The second kappa shape index (κ2) is 5.27. The molecule has 76 valence electrons. The fraction of sp³-hybridized carbons (Fsp3) is 0.364. The predicted molar refractivity (Wildman–Crippen MR) is 62.9 cm³/mol. The van der Waals surface area contributed by atoms with Crippen LogP contribution < -0.4 is 5.73 Å². The molecule has 0 spiro atoms. The molecule has 14 heavy (non-hydrogen) atoms. The molecule has 0 aliphatic heterocycles. The van der Waals surface area contributed by atoms with Crippen LogP contribution in [0.1, 0.15) is 31.5 Å². The highest BCUT2D eigenvalue weighted by Gasteiger charge is 2.06. The van der Waals surface area contributed by atoms with Gasteiger partial charge in [0, 0.05) is 16.7 Å². The number of allylic oxidation sites excluding steroid dienone is 1. The average Bonchev–Trinajstić information content (AvgIpc) is 2.15. The highest BCUT2D eigenvalue weighted by Crippen LogP contribution is 2.17. The van der Waals surface area contributed by atoms with Gasteiger partial charge in [-0.25, -0.2) is 0 Å². The fourth-order valence-corrected chi connectivity index (χ4v) is 1.39. The number of aromatic nitrogens is 1. The molecule has 0 saturated carbocycles. The van der Waals surface area contributed by atoms with Crippen LogP contribution >= 0.6 is 15.9 Å². The van der Waals surface area contributed by atoms with Crippen LogP contribution in [0.3, 0.4) is 0 Å². The Morgan fingerprint density at radius 2 is 2.36 bits per heavy atom. The summed E-state index contributed by atoms with van der Waals surface area (Å²) >= 11 is 3.34. The maximum Gasteiger partial charge on any atom is 0.0571 e. The van der Waals surface area contributed by atoms with Crippen LogP contribution in [-0.2, 0) is 0 Å². The molecule has 1 aromatic rings. The first-order valence-corrected chi connectivity index (χ1v) is 5.40. The molecule has 3 heteroatoms. The fourth-order valence-electron chi connectivity index (χ4n) is 1.16. The standard InChI is InChI=1S/C11H15BrN2/c1-8(2)3-5-10(13)11-6-4-9(12)7-14-11/h4,6-7,10H,1,3,5,13H2,2H3. The van der Waals surface area contributed by atoms with Gasteiger partial charge in [-0.3, -0.25) is 4.98 Å². The number of hydrogen-bond donors (Lipinski definition) is 1. The summed E-state index contributed by atoms with van der Waals surface area (Å²) < 4.78 is 0.980. The van der Waals surface area contributed by atoms with Crippen LogP contribution in [0, 0.1) is 0 Å². The smallest absolute Gasteiger partial charge is 0.0571 e. The van der Waals surface area contributed by atoms with Gasteiger partial charge in [0.15, 0.2) is 0 Å². The molecule has 0 aromatic carbocycles. The third kappa shape index (κ3) is 3.60. The van der Waals surface area contributed by atoms with Gasteiger partial charge in [0.25, 0.3) is 0 Å². The summed E-state index contributed by atoms with van der Waals surface area (Å²) in [5.41, 5.74) is 8.08. The number of pyridine rings is 1. The second-order valence-electron chi connectivity index (χ2n) is 3.50. The predicted octanol–water partition coefficient (Wildman–Crippen LogP) is 3.20. The molecule has 1 heterocycles. The van der Waals surface area contributed by atoms with Crippen molar-refractivity contribution in [3.8, 4) is 0 Å². The van der Waals surface area contributed by atoms with Gasteiger partial charge in [-0.1, -0.05) is 5.57 Å². The van der Waals surface area contributed by atoms with Crippen molar-refractivity contribution in [2.75, 3.05) is 0 Å². The van der Waals surface area contributed by atoms with Gasteiger partial charge in [0.05, 0.1) is 5.69 Å². The molecule has 1 unspecified atom stereocenters. The number of rotatable bonds is 4. The first kappa shape index (κ1) is 11.4. The Balaban J connectivity index is 2.56. The lowest BCUT2D eigenvalue weighted by atomic mass is 10.1. The van der Waals surface area contributed by atoms with Crippen molar-refractivity contribution in [3.63, 3.8) is 0 Å². The minimum atomic E-state index is 0.0137. The summed E-state index contributed by atoms with van der Waals surface area (Å²) in [6.07, 6.45) is 3.64. The Morgan fingerprint density at radius 1 is 1.64 bits per heavy atom. The summed E-state index contributed by atoms with van der Waals surface area (Å²) in [6.45, 7) is 5.87. The molecular weight excluding hydrogens is 240 g/mol. The lowest BCUT2D eigenvalue weighted by molar-refractivity contribution is 0.631. The molecule has 2 nitrogen and oxygen atoms in total. The molecule has 0 amide bonds. The van der Waals surface area contributed by atoms with Gasteiger partial charge in [0.2, 0.25) is 0 Å². The maximum atomic E-state index is 5.97. The zero-order valence-electron chi connectivity index (χ0n) is 8.33. The van der Waals surface area contributed by atoms with E-state index in [2.05, 4.69) is 27.5 Å². The average molecular weight is 255 g/mol. The summed E-state index contributed by atoms with van der Waals surface area (Å²) in [5.74, 6) is 0. The van der Waals surface area contributed by atoms with Crippen LogP contribution in [0.15, 0.2) is 35.0 Å². The molecule has 1 aromatic heterocycles. The van der Waals surface area contributed by atoms with E-state index >= 15 is 0 Å². The van der Waals surface area contributed by atoms with Gasteiger partial charge < -0.3 is 5.73 Å². The molecule has 1 atom stereocenters. The van der Waals surface area contributed by atoms with Crippen molar-refractivity contribution < 1.29 is 0 Å². The molecule has 0 radical (unpaired) electrons. The van der Waals surface area contributed by atoms with Crippen molar-refractivity contribution in [2.24, 2.45) is 5.73 Å². The number of nitrogens with zero attached hydrogens (tertiary/aromatic N) is 1. The summed E-state index contributed by atoms with van der Waals surface area (Å²) in [6, 6.07) is 3.93. The van der Waals surface area contributed by atoms with E-state index in [9.17, 15) is 0 Å². The molecule has 2 N–H and O–H groups in total. The Morgan fingerprint density at radius 3 is 2.86 bits per heavy atom. The van der Waals surface area contributed by atoms with Gasteiger partial charge in [-0.15, -0.1) is 6.58 Å². The summed E-state index contributed by atoms with van der Waals surface area (Å²) in [5, 5.41) is 0. The van der Waals surface area contributed by atoms with Crippen LogP contribution in [-0.4, -0.2) is 4.98 Å². The van der Waals surface area contributed by atoms with E-state index < -0.39 is 0 Å². The molecule has 0 aliphatic carbocycles. The zero-order valence-corrected chi connectivity index (χ0v) is 9.92. The SMILES string of the molecule is C=C(C)CCC(N)c1ccc(Br)cn1. The lowest BCUT2D eigenvalue weighted by Gasteiger charge is -2.10. The largest absolute Gasteiger partial charge is 0.323 e. The van der Waals surface area contributed by atoms with Crippen molar-refractivity contribution >= 4 is 15.9 Å². The van der Waals surface area contributed by atoms with Crippen molar-refractivity contribution in [1.29, 1.82) is 0 Å². The van der Waals surface area contributed by atoms with Crippen LogP contribution in [0.2, 0.25) is 0 Å². The maximum absolute atomic E-state index is 5.97. The van der Waals surface area contributed by atoms with E-state index in [0.29, 0.717) is 0 Å². The van der Waals surface area contributed by atoms with Crippen molar-refractivity contribution in [3.05, 3.63) is 40.6 Å². The van der Waals surface area contributed by atoms with E-state index in [1.165, 1.54) is 0 Å². The number of halogens is 1. The minimum Gasteiger partial charge on any atom is -0.323 e. The second-order valence-corrected chi connectivity index (χ2v) is 4.42. The third-order valence-corrected chi connectivity index (χ3v) is 2.48. The van der Waals surface area contributed by atoms with E-state index in [0.717, 1.165) is 28.6 Å². The van der Waals surface area contributed by atoms with Crippen molar-refractivity contribution in [2.45, 2.75) is 25.8 Å². The monoisotopic (exact) mass is 254 g/mol. The van der Waals surface area contributed by atoms with E-state index in [1.807, 2.05) is 19.1 Å². The van der Waals surface area contributed by atoms with Crippen LogP contribution in [0.5, 0.6) is 0 Å². The molecular formula is C11H15BrN2. The first-order valence-electron chi connectivity index (χ1n) is 4.61. The van der Waals surface area contributed by atoms with E-state index in [-0.39, 0.29) is 6.04 Å². The topological polar surface area (TPSA) is 38.9 Å². The van der Waals surface area contributed by atoms with Gasteiger partial charge in [-0.05, 0) is 47.8 Å². The van der Waals surface area contributed by atoms with E-state index in [4.69, 9.17) is 5.73 Å². The molecule has 0 bridgehead atoms. The summed E-state index contributed by atoms with van der Waals surface area (Å²) in [7, 11) is 0. The molecule has 0 saturated heterocycles. The Kier molecular flexibility index (Phi) is 4.29. The van der Waals surface area contributed by atoms with Crippen LogP contribution in [0.4, 0.5) is 0 Å². The van der Waals surface area contributed by atoms with Gasteiger partial charge in [0.1, 0.15) is 0 Å². The Labute approximate surface area is 93.4 Å². The van der Waals surface area contributed by atoms with Crippen LogP contribution in [0.25, 0.3) is 0 Å². The highest BCUT2D eigenvalue weighted by atomic mass is 79.9. The third-order valence-electron chi connectivity index (χ3n) is 2.01. The quantitative estimate of drug-likeness (QED) is 0.839. The van der Waals surface area contributed by atoms with Gasteiger partial charge >= 0.3 is 0 Å². The molecule has 1 rings (SSSR count). The summed E-state index contributed by atoms with van der Waals surface area (Å²) in [4.78, 5) is 4.25. The minimum absolute atomic E-state index is 0.0137. The lowest BCUT2D eigenvalue weighted by Crippen LogP contribution is -2.11. The first-order chi connectivity index (χ1) is 6.59.